The molecule has 180 valence electrons. The molecule has 7 heteroatoms. The van der Waals surface area contributed by atoms with Crippen molar-refractivity contribution < 1.29 is 14.3 Å². The van der Waals surface area contributed by atoms with Gasteiger partial charge in [-0.3, -0.25) is 10.1 Å². The lowest BCUT2D eigenvalue weighted by atomic mass is 9.92. The van der Waals surface area contributed by atoms with Gasteiger partial charge in [-0.25, -0.2) is 4.79 Å². The van der Waals surface area contributed by atoms with E-state index in [-0.39, 0.29) is 12.0 Å². The zero-order chi connectivity index (χ0) is 24.5. The zero-order valence-corrected chi connectivity index (χ0v) is 20.2. The van der Waals surface area contributed by atoms with Gasteiger partial charge in [-0.05, 0) is 81.8 Å². The number of hydrogen-bond acceptors (Lipinski definition) is 4. The fourth-order valence-electron chi connectivity index (χ4n) is 5.04. The molecule has 0 atom stereocenters. The van der Waals surface area contributed by atoms with Crippen LogP contribution in [0.15, 0.2) is 42.5 Å². The predicted octanol–water partition coefficient (Wildman–Crippen LogP) is 6.10. The van der Waals surface area contributed by atoms with E-state index in [4.69, 9.17) is 4.74 Å². The van der Waals surface area contributed by atoms with Crippen LogP contribution in [0, 0.1) is 11.3 Å². The largest absolute Gasteiger partial charge is 0.447 e. The molecule has 1 aliphatic carbocycles. The number of rotatable bonds is 5. The third kappa shape index (κ3) is 4.37. The van der Waals surface area contributed by atoms with E-state index in [9.17, 15) is 14.9 Å². The number of nitrogens with zero attached hydrogens (tertiary/aromatic N) is 3. The van der Waals surface area contributed by atoms with Gasteiger partial charge in [0.05, 0.1) is 22.9 Å². The van der Waals surface area contributed by atoms with Crippen LogP contribution in [0.4, 0.5) is 10.5 Å². The Hall–Kier alpha value is -3.79. The Balaban J connectivity index is 1.55. The minimum Gasteiger partial charge on any atom is -0.447 e. The maximum atomic E-state index is 13.0. The van der Waals surface area contributed by atoms with Crippen LogP contribution in [-0.2, 0) is 4.74 Å². The third-order valence-electron chi connectivity index (χ3n) is 6.94. The normalized spacial score (nSPS) is 15.8. The summed E-state index contributed by atoms with van der Waals surface area (Å²) in [7, 11) is 0. The van der Waals surface area contributed by atoms with Crippen LogP contribution < -0.4 is 5.32 Å². The highest BCUT2D eigenvalue weighted by Gasteiger charge is 2.29. The molecule has 1 N–H and O–H groups in total. The van der Waals surface area contributed by atoms with E-state index >= 15 is 0 Å². The lowest BCUT2D eigenvalue weighted by Crippen LogP contribution is -2.27. The zero-order valence-electron chi connectivity index (χ0n) is 20.2. The van der Waals surface area contributed by atoms with E-state index in [2.05, 4.69) is 16.0 Å². The van der Waals surface area contributed by atoms with Crippen LogP contribution in [-0.4, -0.2) is 40.7 Å². The van der Waals surface area contributed by atoms with Gasteiger partial charge < -0.3 is 14.2 Å². The molecule has 2 heterocycles. The number of amides is 2. The monoisotopic (exact) mass is 470 g/mol. The third-order valence-corrected chi connectivity index (χ3v) is 6.94. The Morgan fingerprint density at radius 1 is 1.06 bits per heavy atom. The average molecular weight is 471 g/mol. The van der Waals surface area contributed by atoms with Gasteiger partial charge in [-0.1, -0.05) is 12.1 Å². The van der Waals surface area contributed by atoms with E-state index < -0.39 is 6.09 Å². The number of likely N-dealkylation sites (tertiary alicyclic amines) is 1. The van der Waals surface area contributed by atoms with Crippen molar-refractivity contribution in [2.45, 2.75) is 58.1 Å². The summed E-state index contributed by atoms with van der Waals surface area (Å²) in [4.78, 5) is 26.9. The van der Waals surface area contributed by atoms with E-state index in [1.807, 2.05) is 47.4 Å². The fraction of sp³-hybridized carbons (Fsp3) is 0.393. The van der Waals surface area contributed by atoms with Gasteiger partial charge in [-0.15, -0.1) is 0 Å². The summed E-state index contributed by atoms with van der Waals surface area (Å²) in [5.41, 5.74) is 4.61. The molecule has 1 saturated heterocycles. The minimum atomic E-state index is -0.496. The average Bonchev–Trinajstić information content (AvgIpc) is 3.44. The van der Waals surface area contributed by atoms with Crippen molar-refractivity contribution in [3.63, 3.8) is 0 Å². The summed E-state index contributed by atoms with van der Waals surface area (Å²) >= 11 is 0. The summed E-state index contributed by atoms with van der Waals surface area (Å²) < 4.78 is 7.43. The van der Waals surface area contributed by atoms with E-state index in [1.165, 1.54) is 0 Å². The second kappa shape index (κ2) is 9.46. The van der Waals surface area contributed by atoms with Crippen LogP contribution in [0.3, 0.4) is 0 Å². The molecule has 0 unspecified atom stereocenters. The predicted molar refractivity (Wildman–Crippen MR) is 135 cm³/mol. The van der Waals surface area contributed by atoms with Gasteiger partial charge in [0, 0.05) is 35.8 Å². The summed E-state index contributed by atoms with van der Waals surface area (Å²) in [6, 6.07) is 16.0. The fourth-order valence-corrected chi connectivity index (χ4v) is 5.04. The summed E-state index contributed by atoms with van der Waals surface area (Å²) in [5, 5.41) is 13.8. The molecular weight excluding hydrogens is 440 g/mol. The first-order chi connectivity index (χ1) is 17.0. The molecule has 1 aromatic heterocycles. The molecule has 2 fully saturated rings. The Bertz CT molecular complexity index is 1310. The van der Waals surface area contributed by atoms with Crippen molar-refractivity contribution in [3.05, 3.63) is 53.6 Å². The molecule has 5 rings (SSSR count). The van der Waals surface area contributed by atoms with Crippen molar-refractivity contribution in [3.8, 4) is 17.3 Å². The van der Waals surface area contributed by atoms with Gasteiger partial charge >= 0.3 is 6.09 Å². The van der Waals surface area contributed by atoms with Gasteiger partial charge in [0.2, 0.25) is 0 Å². The summed E-state index contributed by atoms with van der Waals surface area (Å²) in [5.74, 6) is 0.0370. The first-order valence-electron chi connectivity index (χ1n) is 12.4. The number of carbonyl (C=O) groups excluding carboxylic acids is 2. The standard InChI is InChI=1S/C28H30N4O3/c1-18(2)35-28(34)30-21-11-8-19(9-12-21)26-24(17-29)23-16-20(27(33)31-14-3-4-15-31)10-13-25(23)32(26)22-6-5-7-22/h8-13,16,18,22H,3-7,14-15H2,1-2H3,(H,30,34). The van der Waals surface area contributed by atoms with E-state index in [0.717, 1.165) is 67.4 Å². The van der Waals surface area contributed by atoms with Crippen LogP contribution in [0.2, 0.25) is 0 Å². The molecule has 35 heavy (non-hydrogen) atoms. The lowest BCUT2D eigenvalue weighted by Gasteiger charge is -2.30. The van der Waals surface area contributed by atoms with Gasteiger partial charge in [-0.2, -0.15) is 5.26 Å². The number of benzene rings is 2. The Kier molecular flexibility index (Phi) is 6.21. The molecule has 0 spiro atoms. The number of nitrogens with one attached hydrogen (secondary N) is 1. The number of nitriles is 1. The van der Waals surface area contributed by atoms with Gasteiger partial charge in [0.1, 0.15) is 6.07 Å². The van der Waals surface area contributed by atoms with Gasteiger partial charge in [0.15, 0.2) is 0 Å². The van der Waals surface area contributed by atoms with Crippen LogP contribution in [0.1, 0.15) is 67.9 Å². The van der Waals surface area contributed by atoms with Crippen molar-refractivity contribution in [2.75, 3.05) is 18.4 Å². The van der Waals surface area contributed by atoms with E-state index in [1.54, 1.807) is 13.8 Å². The smallest absolute Gasteiger partial charge is 0.411 e. The maximum Gasteiger partial charge on any atom is 0.411 e. The number of anilines is 1. The minimum absolute atomic E-state index is 0.0370. The van der Waals surface area contributed by atoms with E-state index in [0.29, 0.717) is 22.9 Å². The first-order valence-corrected chi connectivity index (χ1v) is 12.4. The highest BCUT2D eigenvalue weighted by Crippen LogP contribution is 2.43. The highest BCUT2D eigenvalue weighted by molar-refractivity contribution is 6.02. The Morgan fingerprint density at radius 2 is 1.77 bits per heavy atom. The number of aromatic nitrogens is 1. The van der Waals surface area contributed by atoms with Crippen molar-refractivity contribution >= 4 is 28.6 Å². The molecule has 7 nitrogen and oxygen atoms in total. The molecule has 2 aliphatic rings. The number of hydrogen-bond donors (Lipinski definition) is 1. The highest BCUT2D eigenvalue weighted by atomic mass is 16.6. The molecule has 2 amide bonds. The number of ether oxygens (including phenoxy) is 1. The Morgan fingerprint density at radius 3 is 2.37 bits per heavy atom. The summed E-state index contributed by atoms with van der Waals surface area (Å²) in [6.07, 6.45) is 4.68. The van der Waals surface area contributed by atoms with Crippen LogP contribution in [0.5, 0.6) is 0 Å². The topological polar surface area (TPSA) is 87.4 Å². The number of fused-ring (bicyclic) bond motifs is 1. The van der Waals surface area contributed by atoms with Crippen molar-refractivity contribution in [1.82, 2.24) is 9.47 Å². The molecule has 2 aromatic carbocycles. The molecule has 3 aromatic rings. The van der Waals surface area contributed by atoms with Crippen LogP contribution >= 0.6 is 0 Å². The number of carbonyl (C=O) groups is 2. The quantitative estimate of drug-likeness (QED) is 0.488. The lowest BCUT2D eigenvalue weighted by molar-refractivity contribution is 0.0793. The maximum absolute atomic E-state index is 13.0. The molecule has 1 saturated carbocycles. The second-order valence-corrected chi connectivity index (χ2v) is 9.68. The van der Waals surface area contributed by atoms with Crippen LogP contribution in [0.25, 0.3) is 22.2 Å². The van der Waals surface area contributed by atoms with Crippen molar-refractivity contribution in [2.24, 2.45) is 0 Å². The molecular formula is C28H30N4O3. The molecule has 0 radical (unpaired) electrons. The van der Waals surface area contributed by atoms with Crippen molar-refractivity contribution in [1.29, 1.82) is 5.26 Å². The van der Waals surface area contributed by atoms with Gasteiger partial charge in [0.25, 0.3) is 5.91 Å². The second-order valence-electron chi connectivity index (χ2n) is 9.68. The Labute approximate surface area is 205 Å². The first kappa shape index (κ1) is 23.0. The SMILES string of the molecule is CC(C)OC(=O)Nc1ccc(-c2c(C#N)c3cc(C(=O)N4CCCC4)ccc3n2C2CCC2)cc1. The molecule has 0 bridgehead atoms. The summed E-state index contributed by atoms with van der Waals surface area (Å²) in [6.45, 7) is 5.19. The molecule has 1 aliphatic heterocycles.